The maximum absolute atomic E-state index is 12.0. The van der Waals surface area contributed by atoms with E-state index in [2.05, 4.69) is 96.3 Å². The number of cyclic esters (lactones) is 2. The third-order valence-electron chi connectivity index (χ3n) is 21.6. The van der Waals surface area contributed by atoms with Crippen LogP contribution < -0.4 is 0 Å². The minimum atomic E-state index is -0.563. The van der Waals surface area contributed by atoms with Crippen LogP contribution in [0.2, 0.25) is 0 Å². The molecule has 2 aliphatic heterocycles. The molecule has 106 heavy (non-hydrogen) atoms. The smallest absolute Gasteiger partial charge is 0.466 e. The van der Waals surface area contributed by atoms with Crippen LogP contribution in [-0.4, -0.2) is 105 Å². The number of benzene rings is 5. The number of hydrogen-bond acceptors (Lipinski definition) is 19. The highest BCUT2D eigenvalue weighted by Crippen LogP contribution is 2.53. The normalized spacial score (nSPS) is 19.5. The Bertz CT molecular complexity index is 4180. The van der Waals surface area contributed by atoms with Crippen LogP contribution in [-0.2, 0) is 141 Å². The Hall–Kier alpha value is -8.80. The standard InChI is InChI=1S/C19H26O4.2C17H24NO5.C15H18O4.C15H18O3/c1-12-8-15-9-19(4,5)10-17(15)18(11-23-14(3)21)16(12)6-7-22-13(2)20;1-10-8-13-9-17(4,5)16(23-12(3)19)15(13)11(2)14(10)6-7-22-18(20)21;1-11-7-13-8-17(3,4)9-15(13)16(10-22-12(2)19)14(11)5-6-23-18(20)21;1-7-4-8-9(5-15(2,3)13(8)17)12-11(7)10(6-16)19-14(12)18;1-8-4-9-5-15(2,3)6-10(9)13-12(8)11(7-16)18-14(13)17/h8H,6-7,9-11H2,1-5H3;8,16H,6-7,9H2,1-5H3,(H,20,21);7H,5-6,8-10H2,1-4H3,(H,20,21);4,10,13,16-17H,5-6H2,1-3H3;4,11,16H,5-7H2,1-3H3/q;2*+1;;/t;;;10-,13-;11-/m...11/s1. The van der Waals surface area contributed by atoms with Gasteiger partial charge in [0, 0.05) is 63.5 Å². The number of nitrogens with zero attached hydrogens (tertiary/aromatic N) is 2. The van der Waals surface area contributed by atoms with E-state index in [1.165, 1.54) is 66.6 Å². The molecule has 23 heteroatoms. The monoisotopic (exact) mass is 1470 g/mol. The molecule has 1 unspecified atom stereocenters. The number of esters is 6. The van der Waals surface area contributed by atoms with E-state index < -0.39 is 28.5 Å². The van der Waals surface area contributed by atoms with Crippen molar-refractivity contribution in [3.8, 4) is 0 Å². The summed E-state index contributed by atoms with van der Waals surface area (Å²) >= 11 is 0. The van der Waals surface area contributed by atoms with Gasteiger partial charge in [-0.2, -0.15) is 9.68 Å². The molecule has 0 saturated heterocycles. The lowest BCUT2D eigenvalue weighted by Gasteiger charge is -2.28. The van der Waals surface area contributed by atoms with Gasteiger partial charge in [0.1, 0.15) is 29.1 Å². The van der Waals surface area contributed by atoms with Gasteiger partial charge in [0.2, 0.25) is 0 Å². The first-order valence-electron chi connectivity index (χ1n) is 36.5. The SMILES string of the molecule is CC(=O)OC1c2c(cc(C)c(CCO[N+](=O)O)c2C)CC1(C)C.CC(=O)OCCc1c(C)cc2c(c1COC(C)=O)CC(C)(C)C2.CC(=O)OCc1c(CCO[N+](=O)O)c(C)cc2c1CC(C)(C)C2.Cc1cc2c(c3c1[C@@H](CO)OC3=O)CC(C)(C)C2.Cc1cc2c(c3c1[C@@H](CO)OC3=O)CC(C)(C)[C@@H]2O. The van der Waals surface area contributed by atoms with Crippen molar-refractivity contribution in [3.05, 3.63) is 179 Å². The van der Waals surface area contributed by atoms with E-state index in [4.69, 9.17) is 38.8 Å². The van der Waals surface area contributed by atoms with E-state index in [0.717, 1.165) is 140 Å². The molecule has 23 nitrogen and oxygen atoms in total. The van der Waals surface area contributed by atoms with E-state index in [-0.39, 0.29) is 102 Å². The molecule has 4 atom stereocenters. The average molecular weight is 1470 g/mol. The molecule has 7 aliphatic rings. The Kier molecular flexibility index (Phi) is 25.6. The molecule has 0 amide bonds. The molecule has 5 N–H and O–H groups in total. The fourth-order valence-electron chi connectivity index (χ4n) is 17.2. The fourth-order valence-corrected chi connectivity index (χ4v) is 17.2. The van der Waals surface area contributed by atoms with Crippen LogP contribution in [0, 0.1) is 78.4 Å². The molecule has 0 saturated carbocycles. The number of rotatable bonds is 18. The molecule has 5 aliphatic carbocycles. The summed E-state index contributed by atoms with van der Waals surface area (Å²) in [6.07, 6.45) is 7.13. The zero-order chi connectivity index (χ0) is 78.8. The third-order valence-corrected chi connectivity index (χ3v) is 21.6. The van der Waals surface area contributed by atoms with Crippen molar-refractivity contribution in [2.45, 2.75) is 247 Å². The van der Waals surface area contributed by atoms with Gasteiger partial charge in [0.15, 0.2) is 25.4 Å². The van der Waals surface area contributed by atoms with E-state index >= 15 is 0 Å². The third kappa shape index (κ3) is 18.9. The van der Waals surface area contributed by atoms with Crippen LogP contribution in [0.4, 0.5) is 0 Å². The molecule has 0 fully saturated rings. The first-order valence-corrected chi connectivity index (χ1v) is 36.5. The Morgan fingerprint density at radius 1 is 0.453 bits per heavy atom. The summed E-state index contributed by atoms with van der Waals surface area (Å²) in [5.41, 5.74) is 26.5. The van der Waals surface area contributed by atoms with E-state index in [9.17, 15) is 53.9 Å². The van der Waals surface area contributed by atoms with E-state index in [1.54, 1.807) is 0 Å². The predicted molar refractivity (Wildman–Crippen MR) is 391 cm³/mol. The van der Waals surface area contributed by atoms with E-state index in [1.807, 2.05) is 54.5 Å². The number of aryl methyl sites for hydroxylation is 5. The molecular weight excluding hydrogens is 1360 g/mol. The molecule has 576 valence electrons. The van der Waals surface area contributed by atoms with Crippen LogP contribution >= 0.6 is 0 Å². The van der Waals surface area contributed by atoms with Gasteiger partial charge in [-0.15, -0.1) is 0 Å². The maximum Gasteiger partial charge on any atom is 0.475 e. The van der Waals surface area contributed by atoms with Crippen molar-refractivity contribution in [2.75, 3.05) is 33.0 Å². The molecule has 5 aromatic rings. The number of carbonyl (C=O) groups excluding carboxylic acids is 6. The highest BCUT2D eigenvalue weighted by molar-refractivity contribution is 5.98. The van der Waals surface area contributed by atoms with Crippen molar-refractivity contribution >= 4 is 35.8 Å². The summed E-state index contributed by atoms with van der Waals surface area (Å²) in [5.74, 6) is -1.79. The van der Waals surface area contributed by atoms with Gasteiger partial charge in [0.25, 0.3) is 0 Å². The molecule has 2 heterocycles. The average Bonchev–Trinajstić information content (AvgIpc) is 1.58. The molecule has 0 spiro atoms. The van der Waals surface area contributed by atoms with Crippen molar-refractivity contribution in [1.82, 2.24) is 0 Å². The lowest BCUT2D eigenvalue weighted by molar-refractivity contribution is -0.975. The summed E-state index contributed by atoms with van der Waals surface area (Å²) in [7, 11) is 0. The lowest BCUT2D eigenvalue weighted by atomic mass is 9.86. The Morgan fingerprint density at radius 3 is 1.27 bits per heavy atom. The second kappa shape index (κ2) is 32.7. The minimum Gasteiger partial charge on any atom is -0.466 e. The number of fused-ring (bicyclic) bond motifs is 9. The number of hydrogen-bond donors (Lipinski definition) is 5. The van der Waals surface area contributed by atoms with Gasteiger partial charge in [-0.05, 0) is 231 Å². The van der Waals surface area contributed by atoms with Gasteiger partial charge in [-0.3, -0.25) is 19.2 Å². The summed E-state index contributed by atoms with van der Waals surface area (Å²) in [6, 6.07) is 10.6. The van der Waals surface area contributed by atoms with Gasteiger partial charge in [-0.25, -0.2) is 20.0 Å². The highest BCUT2D eigenvalue weighted by Gasteiger charge is 2.47. The Balaban J connectivity index is 0.000000168. The van der Waals surface area contributed by atoms with E-state index in [0.29, 0.717) is 44.5 Å². The quantitative estimate of drug-likeness (QED) is 0.0309. The van der Waals surface area contributed by atoms with Gasteiger partial charge in [0.05, 0.1) is 37.1 Å². The Morgan fingerprint density at radius 2 is 0.840 bits per heavy atom. The Labute approximate surface area is 621 Å². The predicted octanol–water partition coefficient (Wildman–Crippen LogP) is 13.4. The number of ether oxygens (including phenoxy) is 6. The van der Waals surface area contributed by atoms with Crippen molar-refractivity contribution < 1.29 is 103 Å². The van der Waals surface area contributed by atoms with Crippen LogP contribution in [0.25, 0.3) is 0 Å². The lowest BCUT2D eigenvalue weighted by Crippen LogP contribution is -2.22. The second-order valence-corrected chi connectivity index (χ2v) is 33.3. The highest BCUT2D eigenvalue weighted by atomic mass is 17.0. The van der Waals surface area contributed by atoms with Crippen molar-refractivity contribution in [2.24, 2.45) is 27.1 Å². The van der Waals surface area contributed by atoms with Gasteiger partial charge >= 0.3 is 46.0 Å². The van der Waals surface area contributed by atoms with Gasteiger partial charge < -0.3 is 43.7 Å². The molecule has 12 rings (SSSR count). The van der Waals surface area contributed by atoms with Crippen LogP contribution in [0.15, 0.2) is 30.3 Å². The summed E-state index contributed by atoms with van der Waals surface area (Å²) in [5, 5.41) is 45.1. The number of aliphatic hydroxyl groups is 3. The second-order valence-electron chi connectivity index (χ2n) is 33.3. The molecule has 0 radical (unpaired) electrons. The first kappa shape index (κ1) is 82.8. The zero-order valence-corrected chi connectivity index (χ0v) is 65.6. The summed E-state index contributed by atoms with van der Waals surface area (Å²) < 4.78 is 31.7. The van der Waals surface area contributed by atoms with Crippen molar-refractivity contribution in [3.63, 3.8) is 0 Å². The fraction of sp³-hybridized carbons (Fsp3) is 0.566. The van der Waals surface area contributed by atoms with Crippen LogP contribution in [0.3, 0.4) is 0 Å². The van der Waals surface area contributed by atoms with Crippen LogP contribution in [0.1, 0.15) is 270 Å². The largest absolute Gasteiger partial charge is 0.475 e. The van der Waals surface area contributed by atoms with Gasteiger partial charge in [-0.1, -0.05) is 99.6 Å². The molecule has 0 bridgehead atoms. The minimum absolute atomic E-state index is 0.0656. The maximum atomic E-state index is 12.0. The van der Waals surface area contributed by atoms with Crippen molar-refractivity contribution in [1.29, 1.82) is 0 Å². The first-order chi connectivity index (χ1) is 49.3. The van der Waals surface area contributed by atoms with Crippen LogP contribution in [0.5, 0.6) is 0 Å². The zero-order valence-electron chi connectivity index (χ0n) is 65.6. The number of carbonyl (C=O) groups is 6. The molecular formula is C83H110N2O21+2. The summed E-state index contributed by atoms with van der Waals surface area (Å²) in [4.78, 5) is 99.1. The molecule has 5 aromatic carbocycles. The topological polar surface area (TPSA) is 318 Å². The molecule has 0 aromatic heterocycles. The number of aliphatic hydroxyl groups excluding tert-OH is 3. The summed E-state index contributed by atoms with van der Waals surface area (Å²) in [6.45, 7) is 39.9.